The van der Waals surface area contributed by atoms with Gasteiger partial charge in [0.2, 0.25) is 17.7 Å². The standard InChI is InChI=1S/C21H32N4O5S/c1-13(2)18(21(29)30)25-17(26)12-23-20(28)16(9-10-31-3)24-19(27)15(22)11-14-7-5-4-6-8-14/h4-8,13,15-16,18H,9-12,22H2,1-3H3,(H,23,28)(H,24,27)(H,25,26)(H,29,30). The molecule has 0 spiro atoms. The number of aliphatic carboxylic acids is 1. The van der Waals surface area contributed by atoms with Crippen molar-refractivity contribution in [3.63, 3.8) is 0 Å². The summed E-state index contributed by atoms with van der Waals surface area (Å²) in [6.45, 7) is 2.95. The van der Waals surface area contributed by atoms with Gasteiger partial charge in [-0.15, -0.1) is 0 Å². The highest BCUT2D eigenvalue weighted by Gasteiger charge is 2.26. The summed E-state index contributed by atoms with van der Waals surface area (Å²) in [6.07, 6.45) is 2.57. The minimum atomic E-state index is -1.15. The van der Waals surface area contributed by atoms with E-state index in [-0.39, 0.29) is 5.92 Å². The molecule has 1 rings (SSSR count). The fourth-order valence-corrected chi connectivity index (χ4v) is 3.24. The summed E-state index contributed by atoms with van der Waals surface area (Å²) < 4.78 is 0. The Hall–Kier alpha value is -2.59. The Morgan fingerprint density at radius 2 is 1.71 bits per heavy atom. The Morgan fingerprint density at radius 1 is 1.06 bits per heavy atom. The van der Waals surface area contributed by atoms with E-state index >= 15 is 0 Å². The Morgan fingerprint density at radius 3 is 2.26 bits per heavy atom. The van der Waals surface area contributed by atoms with E-state index in [9.17, 15) is 19.2 Å². The maximum atomic E-state index is 12.6. The zero-order valence-corrected chi connectivity index (χ0v) is 18.9. The predicted molar refractivity (Wildman–Crippen MR) is 120 cm³/mol. The fraction of sp³-hybridized carbons (Fsp3) is 0.524. The molecular weight excluding hydrogens is 420 g/mol. The van der Waals surface area contributed by atoms with E-state index in [1.807, 2.05) is 36.6 Å². The smallest absolute Gasteiger partial charge is 0.326 e. The third-order valence-corrected chi connectivity index (χ3v) is 5.20. The number of carbonyl (C=O) groups is 4. The first kappa shape index (κ1) is 26.4. The van der Waals surface area contributed by atoms with Gasteiger partial charge in [-0.25, -0.2) is 4.79 Å². The molecule has 1 aromatic carbocycles. The van der Waals surface area contributed by atoms with E-state index in [4.69, 9.17) is 10.8 Å². The molecule has 3 amide bonds. The molecule has 3 unspecified atom stereocenters. The normalized spacial score (nSPS) is 13.7. The minimum Gasteiger partial charge on any atom is -0.480 e. The van der Waals surface area contributed by atoms with Crippen molar-refractivity contribution in [2.75, 3.05) is 18.6 Å². The average Bonchev–Trinajstić information content (AvgIpc) is 2.73. The number of hydrogen-bond acceptors (Lipinski definition) is 6. The van der Waals surface area contributed by atoms with Crippen LogP contribution in [0, 0.1) is 5.92 Å². The van der Waals surface area contributed by atoms with Crippen molar-refractivity contribution in [1.82, 2.24) is 16.0 Å². The summed E-state index contributed by atoms with van der Waals surface area (Å²) in [4.78, 5) is 48.3. The number of rotatable bonds is 13. The molecule has 0 aliphatic carbocycles. The van der Waals surface area contributed by atoms with Gasteiger partial charge < -0.3 is 26.8 Å². The first-order chi connectivity index (χ1) is 14.6. The molecule has 0 aliphatic rings. The molecule has 0 aromatic heterocycles. The number of hydrogen-bond donors (Lipinski definition) is 5. The highest BCUT2D eigenvalue weighted by Crippen LogP contribution is 2.05. The molecule has 1 aromatic rings. The molecule has 0 fully saturated rings. The van der Waals surface area contributed by atoms with Crippen LogP contribution in [-0.2, 0) is 25.6 Å². The first-order valence-electron chi connectivity index (χ1n) is 10.0. The van der Waals surface area contributed by atoms with E-state index in [1.54, 1.807) is 13.8 Å². The number of benzene rings is 1. The summed E-state index contributed by atoms with van der Waals surface area (Å²) >= 11 is 1.52. The summed E-state index contributed by atoms with van der Waals surface area (Å²) in [5.41, 5.74) is 6.90. The zero-order valence-electron chi connectivity index (χ0n) is 18.1. The fourth-order valence-electron chi connectivity index (χ4n) is 2.77. The second-order valence-corrected chi connectivity index (χ2v) is 8.47. The van der Waals surface area contributed by atoms with Gasteiger partial charge in [0.05, 0.1) is 12.6 Å². The predicted octanol–water partition coefficient (Wildman–Crippen LogP) is 0.136. The van der Waals surface area contributed by atoms with Crippen LogP contribution in [-0.4, -0.2) is 65.5 Å². The summed E-state index contributed by atoms with van der Waals surface area (Å²) in [5, 5.41) is 16.6. The number of thioether (sulfide) groups is 1. The molecule has 6 N–H and O–H groups in total. The lowest BCUT2D eigenvalue weighted by Crippen LogP contribution is -2.54. The topological polar surface area (TPSA) is 151 Å². The van der Waals surface area contributed by atoms with E-state index in [0.29, 0.717) is 18.6 Å². The van der Waals surface area contributed by atoms with Gasteiger partial charge in [-0.05, 0) is 36.3 Å². The largest absolute Gasteiger partial charge is 0.480 e. The van der Waals surface area contributed by atoms with Crippen LogP contribution < -0.4 is 21.7 Å². The van der Waals surface area contributed by atoms with Gasteiger partial charge in [-0.2, -0.15) is 11.8 Å². The molecule has 10 heteroatoms. The Balaban J connectivity index is 2.64. The van der Waals surface area contributed by atoms with Crippen molar-refractivity contribution < 1.29 is 24.3 Å². The van der Waals surface area contributed by atoms with Gasteiger partial charge in [0.1, 0.15) is 12.1 Å². The zero-order chi connectivity index (χ0) is 23.4. The van der Waals surface area contributed by atoms with Crippen molar-refractivity contribution in [1.29, 1.82) is 0 Å². The Kier molecular flexibility index (Phi) is 11.7. The molecule has 0 heterocycles. The van der Waals surface area contributed by atoms with Crippen molar-refractivity contribution in [3.8, 4) is 0 Å². The second-order valence-electron chi connectivity index (χ2n) is 7.48. The number of nitrogens with one attached hydrogen (secondary N) is 3. The van der Waals surface area contributed by atoms with Crippen molar-refractivity contribution >= 4 is 35.5 Å². The number of nitrogens with two attached hydrogens (primary N) is 1. The van der Waals surface area contributed by atoms with E-state index in [2.05, 4.69) is 16.0 Å². The van der Waals surface area contributed by atoms with Crippen molar-refractivity contribution in [2.24, 2.45) is 11.7 Å². The molecule has 0 saturated carbocycles. The summed E-state index contributed by atoms with van der Waals surface area (Å²) in [6, 6.07) is 6.59. The van der Waals surface area contributed by atoms with Gasteiger partial charge in [0, 0.05) is 0 Å². The van der Waals surface area contributed by atoms with Crippen LogP contribution >= 0.6 is 11.8 Å². The lowest BCUT2D eigenvalue weighted by atomic mass is 10.0. The monoisotopic (exact) mass is 452 g/mol. The van der Waals surface area contributed by atoms with Gasteiger partial charge in [0.15, 0.2) is 0 Å². The van der Waals surface area contributed by atoms with E-state index in [0.717, 1.165) is 5.56 Å². The molecule has 31 heavy (non-hydrogen) atoms. The van der Waals surface area contributed by atoms with Gasteiger partial charge in [-0.1, -0.05) is 44.2 Å². The van der Waals surface area contributed by atoms with Crippen LogP contribution in [0.2, 0.25) is 0 Å². The van der Waals surface area contributed by atoms with Crippen LogP contribution in [0.1, 0.15) is 25.8 Å². The van der Waals surface area contributed by atoms with Crippen LogP contribution in [0.15, 0.2) is 30.3 Å². The molecule has 3 atom stereocenters. The highest BCUT2D eigenvalue weighted by atomic mass is 32.2. The van der Waals surface area contributed by atoms with E-state index in [1.165, 1.54) is 11.8 Å². The number of carboxylic acids is 1. The number of amides is 3. The first-order valence-corrected chi connectivity index (χ1v) is 11.4. The molecule has 0 radical (unpaired) electrons. The molecule has 172 valence electrons. The lowest BCUT2D eigenvalue weighted by Gasteiger charge is -2.21. The third-order valence-electron chi connectivity index (χ3n) is 4.55. The van der Waals surface area contributed by atoms with Crippen LogP contribution in [0.3, 0.4) is 0 Å². The SMILES string of the molecule is CSCCC(NC(=O)C(N)Cc1ccccc1)C(=O)NCC(=O)NC(C(=O)O)C(C)C. The molecule has 0 bridgehead atoms. The maximum Gasteiger partial charge on any atom is 0.326 e. The van der Waals surface area contributed by atoms with Gasteiger partial charge in [0.25, 0.3) is 0 Å². The van der Waals surface area contributed by atoms with Gasteiger partial charge >= 0.3 is 5.97 Å². The molecule has 0 saturated heterocycles. The summed E-state index contributed by atoms with van der Waals surface area (Å²) in [7, 11) is 0. The molecular formula is C21H32N4O5S. The van der Waals surface area contributed by atoms with Crippen LogP contribution in [0.25, 0.3) is 0 Å². The van der Waals surface area contributed by atoms with E-state index < -0.39 is 48.4 Å². The average molecular weight is 453 g/mol. The number of carboxylic acid groups (broad SMARTS) is 1. The Labute approximate surface area is 186 Å². The van der Waals surface area contributed by atoms with Crippen molar-refractivity contribution in [2.45, 2.75) is 44.8 Å². The van der Waals surface area contributed by atoms with Crippen molar-refractivity contribution in [3.05, 3.63) is 35.9 Å². The maximum absolute atomic E-state index is 12.6. The minimum absolute atomic E-state index is 0.308. The Bertz CT molecular complexity index is 745. The third kappa shape index (κ3) is 9.84. The second kappa shape index (κ2) is 13.7. The lowest BCUT2D eigenvalue weighted by molar-refractivity contribution is -0.143. The van der Waals surface area contributed by atoms with Crippen LogP contribution in [0.5, 0.6) is 0 Å². The van der Waals surface area contributed by atoms with Gasteiger partial charge in [-0.3, -0.25) is 14.4 Å². The number of carbonyl (C=O) groups excluding carboxylic acids is 3. The molecule has 9 nitrogen and oxygen atoms in total. The highest BCUT2D eigenvalue weighted by molar-refractivity contribution is 7.98. The molecule has 0 aliphatic heterocycles. The quantitative estimate of drug-likeness (QED) is 0.285. The van der Waals surface area contributed by atoms with Crippen LogP contribution in [0.4, 0.5) is 0 Å². The summed E-state index contributed by atoms with van der Waals surface area (Å²) in [5.74, 6) is -2.44.